The molecule has 0 saturated heterocycles. The van der Waals surface area contributed by atoms with Crippen molar-refractivity contribution in [1.29, 1.82) is 0 Å². The normalized spacial score (nSPS) is 14.9. The van der Waals surface area contributed by atoms with Gasteiger partial charge in [-0.2, -0.15) is 0 Å². The van der Waals surface area contributed by atoms with Crippen LogP contribution in [-0.2, 0) is 4.79 Å². The van der Waals surface area contributed by atoms with Crippen molar-refractivity contribution < 1.29 is 13.6 Å². The Morgan fingerprint density at radius 1 is 1.30 bits per heavy atom. The third-order valence-corrected chi connectivity index (χ3v) is 3.36. The molecule has 0 aliphatic heterocycles. The van der Waals surface area contributed by atoms with E-state index in [0.29, 0.717) is 5.56 Å². The van der Waals surface area contributed by atoms with Crippen molar-refractivity contribution in [3.05, 3.63) is 35.4 Å². The molecule has 3 N–H and O–H groups in total. The fraction of sp³-hybridized carbons (Fsp3) is 0.500. The number of rotatable bonds is 5. The first-order valence-electron chi connectivity index (χ1n) is 6.37. The van der Waals surface area contributed by atoms with E-state index in [1.54, 1.807) is 6.92 Å². The molecule has 3 atom stereocenters. The van der Waals surface area contributed by atoms with Crippen LogP contribution in [0.4, 0.5) is 8.78 Å². The first-order valence-corrected chi connectivity index (χ1v) is 6.37. The number of amides is 1. The van der Waals surface area contributed by atoms with E-state index in [9.17, 15) is 13.6 Å². The van der Waals surface area contributed by atoms with Gasteiger partial charge in [-0.3, -0.25) is 4.79 Å². The number of hydrogen-bond acceptors (Lipinski definition) is 2. The van der Waals surface area contributed by atoms with E-state index < -0.39 is 23.7 Å². The van der Waals surface area contributed by atoms with E-state index in [1.165, 1.54) is 6.07 Å². The fourth-order valence-electron chi connectivity index (χ4n) is 1.69. The Balaban J connectivity index is 0.00000361. The lowest BCUT2D eigenvalue weighted by Gasteiger charge is -2.21. The van der Waals surface area contributed by atoms with Gasteiger partial charge in [0.1, 0.15) is 0 Å². The molecule has 1 amide bonds. The maximum absolute atomic E-state index is 13.1. The Bertz CT molecular complexity index is 457. The molecule has 0 bridgehead atoms. The number of halogens is 3. The summed E-state index contributed by atoms with van der Waals surface area (Å²) in [6.07, 6.45) is 0.800. The van der Waals surface area contributed by atoms with E-state index in [2.05, 4.69) is 5.32 Å². The highest BCUT2D eigenvalue weighted by atomic mass is 35.5. The lowest BCUT2D eigenvalue weighted by Crippen LogP contribution is -2.45. The zero-order valence-electron chi connectivity index (χ0n) is 11.8. The maximum atomic E-state index is 13.1. The summed E-state index contributed by atoms with van der Waals surface area (Å²) in [7, 11) is 0. The highest BCUT2D eigenvalue weighted by Gasteiger charge is 2.21. The van der Waals surface area contributed by atoms with Crippen LogP contribution < -0.4 is 11.1 Å². The molecule has 0 aromatic heterocycles. The molecule has 0 aliphatic carbocycles. The van der Waals surface area contributed by atoms with Gasteiger partial charge in [0.05, 0.1) is 12.1 Å². The van der Waals surface area contributed by atoms with Gasteiger partial charge in [0, 0.05) is 0 Å². The minimum absolute atomic E-state index is 0. The second-order valence-corrected chi connectivity index (χ2v) is 4.82. The van der Waals surface area contributed by atoms with Crippen LogP contribution in [0, 0.1) is 17.6 Å². The Hall–Kier alpha value is -1.20. The van der Waals surface area contributed by atoms with E-state index in [1.807, 2.05) is 13.8 Å². The molecule has 0 fully saturated rings. The summed E-state index contributed by atoms with van der Waals surface area (Å²) in [4.78, 5) is 11.9. The van der Waals surface area contributed by atoms with Gasteiger partial charge in [0.15, 0.2) is 11.6 Å². The number of carbonyl (C=O) groups excluding carboxylic acids is 1. The highest BCUT2D eigenvalue weighted by molar-refractivity contribution is 5.85. The van der Waals surface area contributed by atoms with Crippen molar-refractivity contribution >= 4 is 18.3 Å². The van der Waals surface area contributed by atoms with Crippen molar-refractivity contribution in [3.63, 3.8) is 0 Å². The van der Waals surface area contributed by atoms with Gasteiger partial charge in [-0.15, -0.1) is 12.4 Å². The molecule has 1 aromatic rings. The van der Waals surface area contributed by atoms with Gasteiger partial charge in [0.2, 0.25) is 5.91 Å². The van der Waals surface area contributed by atoms with Crippen molar-refractivity contribution in [1.82, 2.24) is 5.32 Å². The molecule has 0 spiro atoms. The standard InChI is InChI=1S/C14H20F2N2O.ClH/c1-4-8(2)13(17)14(19)18-9(3)10-5-6-11(15)12(16)7-10;/h5-9,13H,4,17H2,1-3H3,(H,18,19);1H. The predicted molar refractivity (Wildman–Crippen MR) is 77.6 cm³/mol. The topological polar surface area (TPSA) is 55.1 Å². The molecule has 0 aliphatic rings. The summed E-state index contributed by atoms with van der Waals surface area (Å²) >= 11 is 0. The predicted octanol–water partition coefficient (Wildman–Crippen LogP) is 2.94. The van der Waals surface area contributed by atoms with Crippen LogP contribution >= 0.6 is 12.4 Å². The van der Waals surface area contributed by atoms with Crippen molar-refractivity contribution in [3.8, 4) is 0 Å². The molecule has 20 heavy (non-hydrogen) atoms. The average molecular weight is 307 g/mol. The zero-order valence-corrected chi connectivity index (χ0v) is 12.6. The highest BCUT2D eigenvalue weighted by Crippen LogP contribution is 2.16. The Morgan fingerprint density at radius 2 is 1.90 bits per heavy atom. The van der Waals surface area contributed by atoms with Crippen LogP contribution in [0.1, 0.15) is 38.8 Å². The van der Waals surface area contributed by atoms with Crippen LogP contribution in [0.5, 0.6) is 0 Å². The van der Waals surface area contributed by atoms with Crippen molar-refractivity contribution in [2.24, 2.45) is 11.7 Å². The number of nitrogens with two attached hydrogens (primary N) is 1. The molecular formula is C14H21ClF2N2O. The molecule has 1 rings (SSSR count). The lowest BCUT2D eigenvalue weighted by molar-refractivity contribution is -0.124. The second-order valence-electron chi connectivity index (χ2n) is 4.82. The summed E-state index contributed by atoms with van der Waals surface area (Å²) in [5, 5.41) is 2.70. The Kier molecular flexibility index (Phi) is 7.68. The number of nitrogens with one attached hydrogen (secondary N) is 1. The van der Waals surface area contributed by atoms with E-state index in [-0.39, 0.29) is 24.2 Å². The van der Waals surface area contributed by atoms with Gasteiger partial charge >= 0.3 is 0 Å². The molecule has 0 saturated carbocycles. The summed E-state index contributed by atoms with van der Waals surface area (Å²) < 4.78 is 25.9. The van der Waals surface area contributed by atoms with E-state index >= 15 is 0 Å². The van der Waals surface area contributed by atoms with Crippen LogP contribution in [-0.4, -0.2) is 11.9 Å². The SMILES string of the molecule is CCC(C)C(N)C(=O)NC(C)c1ccc(F)c(F)c1.Cl. The second kappa shape index (κ2) is 8.17. The molecule has 0 radical (unpaired) electrons. The number of hydrogen-bond donors (Lipinski definition) is 2. The smallest absolute Gasteiger partial charge is 0.237 e. The van der Waals surface area contributed by atoms with Crippen molar-refractivity contribution in [2.45, 2.75) is 39.3 Å². The Labute approximate surface area is 124 Å². The van der Waals surface area contributed by atoms with E-state index in [0.717, 1.165) is 18.6 Å². The number of benzene rings is 1. The third kappa shape index (κ3) is 4.72. The van der Waals surface area contributed by atoms with E-state index in [4.69, 9.17) is 5.73 Å². The first-order chi connectivity index (χ1) is 8.86. The van der Waals surface area contributed by atoms with Gasteiger partial charge < -0.3 is 11.1 Å². The van der Waals surface area contributed by atoms with Gasteiger partial charge in [0.25, 0.3) is 0 Å². The van der Waals surface area contributed by atoms with Crippen molar-refractivity contribution in [2.75, 3.05) is 0 Å². The third-order valence-electron chi connectivity index (χ3n) is 3.36. The minimum atomic E-state index is -0.926. The summed E-state index contributed by atoms with van der Waals surface area (Å²) in [6, 6.07) is 2.55. The summed E-state index contributed by atoms with van der Waals surface area (Å²) in [5.74, 6) is -2.05. The molecule has 0 heterocycles. The fourth-order valence-corrected chi connectivity index (χ4v) is 1.69. The van der Waals surface area contributed by atoms with Gasteiger partial charge in [-0.05, 0) is 30.5 Å². The summed E-state index contributed by atoms with van der Waals surface area (Å²) in [6.45, 7) is 5.55. The molecular weight excluding hydrogens is 286 g/mol. The van der Waals surface area contributed by atoms with Gasteiger partial charge in [-0.25, -0.2) is 8.78 Å². The summed E-state index contributed by atoms with van der Waals surface area (Å²) in [5.41, 5.74) is 6.31. The van der Waals surface area contributed by atoms with Crippen LogP contribution in [0.15, 0.2) is 18.2 Å². The molecule has 1 aromatic carbocycles. The Morgan fingerprint density at radius 3 is 2.40 bits per heavy atom. The largest absolute Gasteiger partial charge is 0.348 e. The molecule has 6 heteroatoms. The van der Waals surface area contributed by atoms with Crippen LogP contribution in [0.25, 0.3) is 0 Å². The molecule has 3 unspecified atom stereocenters. The van der Waals surface area contributed by atoms with Crippen LogP contribution in [0.2, 0.25) is 0 Å². The molecule has 3 nitrogen and oxygen atoms in total. The minimum Gasteiger partial charge on any atom is -0.348 e. The lowest BCUT2D eigenvalue weighted by atomic mass is 9.98. The number of carbonyl (C=O) groups is 1. The average Bonchev–Trinajstić information content (AvgIpc) is 2.39. The zero-order chi connectivity index (χ0) is 14.6. The molecule has 114 valence electrons. The quantitative estimate of drug-likeness (QED) is 0.879. The first kappa shape index (κ1) is 18.8. The van der Waals surface area contributed by atoms with Gasteiger partial charge in [-0.1, -0.05) is 26.3 Å². The maximum Gasteiger partial charge on any atom is 0.237 e. The monoisotopic (exact) mass is 306 g/mol. The van der Waals surface area contributed by atoms with Crippen LogP contribution in [0.3, 0.4) is 0 Å².